The number of hydrogen-bond acceptors (Lipinski definition) is 11. The number of anilines is 2. The zero-order valence-corrected chi connectivity index (χ0v) is 16.9. The van der Waals surface area contributed by atoms with Crippen LogP contribution < -0.4 is 11.1 Å². The van der Waals surface area contributed by atoms with Crippen LogP contribution in [0.1, 0.15) is 39.2 Å². The molecule has 12 nitrogen and oxygen atoms in total. The first-order valence-electron chi connectivity index (χ1n) is 9.12. The van der Waals surface area contributed by atoms with Crippen LogP contribution >= 0.6 is 0 Å². The summed E-state index contributed by atoms with van der Waals surface area (Å²) in [6.07, 6.45) is 0. The third-order valence-corrected chi connectivity index (χ3v) is 4.31. The Morgan fingerprint density at radius 3 is 2.65 bits per heavy atom. The fraction of sp³-hybridized carbons (Fsp3) is 0.263. The number of carbonyl (C=O) groups excluding carboxylic acids is 2. The topological polar surface area (TPSA) is 173 Å². The van der Waals surface area contributed by atoms with Gasteiger partial charge < -0.3 is 24.9 Å². The molecule has 0 fully saturated rings. The summed E-state index contributed by atoms with van der Waals surface area (Å²) in [5.41, 5.74) is 6.13. The molecule has 3 rings (SSSR count). The number of nitrogens with one attached hydrogen (secondary N) is 1. The Bertz CT molecular complexity index is 1190. The number of ether oxygens (including phenoxy) is 2. The molecule has 2 aromatic heterocycles. The third-order valence-electron chi connectivity index (χ3n) is 4.31. The number of esters is 2. The lowest BCUT2D eigenvalue weighted by Gasteiger charge is -2.07. The van der Waals surface area contributed by atoms with Gasteiger partial charge in [0.15, 0.2) is 12.4 Å². The number of hydrogen-bond donors (Lipinski definition) is 2. The SMILES string of the molecule is CCOC(=O)c1c(C)oc2nc(COC(=O)c3ccc(NC)c([N+](=O)[O-])c3)nc(N)c12. The molecule has 0 atom stereocenters. The van der Waals surface area contributed by atoms with Gasteiger partial charge in [0.25, 0.3) is 5.69 Å². The van der Waals surface area contributed by atoms with Crippen LogP contribution in [0.15, 0.2) is 22.6 Å². The highest BCUT2D eigenvalue weighted by atomic mass is 16.6. The van der Waals surface area contributed by atoms with E-state index in [1.165, 1.54) is 19.2 Å². The minimum Gasteiger partial charge on any atom is -0.462 e. The Morgan fingerprint density at radius 2 is 2.00 bits per heavy atom. The molecule has 0 aliphatic carbocycles. The van der Waals surface area contributed by atoms with Crippen molar-refractivity contribution < 1.29 is 28.4 Å². The van der Waals surface area contributed by atoms with Gasteiger partial charge in [-0.25, -0.2) is 14.6 Å². The van der Waals surface area contributed by atoms with E-state index in [4.69, 9.17) is 19.6 Å². The number of nitrogens with zero attached hydrogens (tertiary/aromatic N) is 3. The van der Waals surface area contributed by atoms with Gasteiger partial charge in [-0.1, -0.05) is 0 Å². The summed E-state index contributed by atoms with van der Waals surface area (Å²) < 4.78 is 15.6. The van der Waals surface area contributed by atoms with Gasteiger partial charge in [0, 0.05) is 13.1 Å². The van der Waals surface area contributed by atoms with Gasteiger partial charge in [0.2, 0.25) is 5.71 Å². The number of carbonyl (C=O) groups is 2. The molecule has 0 unspecified atom stereocenters. The van der Waals surface area contributed by atoms with E-state index in [1.807, 2.05) is 0 Å². The first-order valence-corrected chi connectivity index (χ1v) is 9.12. The van der Waals surface area contributed by atoms with Crippen LogP contribution in [0.25, 0.3) is 11.1 Å². The van der Waals surface area contributed by atoms with E-state index in [9.17, 15) is 19.7 Å². The van der Waals surface area contributed by atoms with Gasteiger partial charge in [-0.3, -0.25) is 10.1 Å². The Balaban J connectivity index is 1.83. The van der Waals surface area contributed by atoms with Crippen molar-refractivity contribution in [2.24, 2.45) is 0 Å². The van der Waals surface area contributed by atoms with Gasteiger partial charge in [-0.15, -0.1) is 0 Å². The normalized spacial score (nSPS) is 10.7. The van der Waals surface area contributed by atoms with E-state index in [-0.39, 0.29) is 64.2 Å². The number of nitrogen functional groups attached to an aromatic ring is 1. The number of nitrogens with two attached hydrogens (primary N) is 1. The van der Waals surface area contributed by atoms with Crippen LogP contribution in [0.2, 0.25) is 0 Å². The van der Waals surface area contributed by atoms with Crippen molar-refractivity contribution in [1.82, 2.24) is 9.97 Å². The summed E-state index contributed by atoms with van der Waals surface area (Å²) in [7, 11) is 1.53. The first kappa shape index (κ1) is 21.5. The van der Waals surface area contributed by atoms with Crippen molar-refractivity contribution in [3.63, 3.8) is 0 Å². The molecule has 162 valence electrons. The average Bonchev–Trinajstić information content (AvgIpc) is 3.08. The Hall–Kier alpha value is -4.22. The van der Waals surface area contributed by atoms with Crippen molar-refractivity contribution in [3.05, 3.63) is 51.0 Å². The molecule has 2 heterocycles. The number of nitro benzene ring substituents is 1. The molecule has 1 aromatic carbocycles. The van der Waals surface area contributed by atoms with Crippen molar-refractivity contribution in [3.8, 4) is 0 Å². The van der Waals surface area contributed by atoms with E-state index in [0.717, 1.165) is 6.07 Å². The van der Waals surface area contributed by atoms with Crippen LogP contribution in [0, 0.1) is 17.0 Å². The Labute approximate surface area is 175 Å². The summed E-state index contributed by atoms with van der Waals surface area (Å²) in [6, 6.07) is 3.90. The first-order chi connectivity index (χ1) is 14.8. The second kappa shape index (κ2) is 8.65. The molecular formula is C19H19N5O7. The molecule has 12 heteroatoms. The van der Waals surface area contributed by atoms with Gasteiger partial charge in [-0.2, -0.15) is 4.98 Å². The standard InChI is InChI=1S/C19H19N5O7/c1-4-29-19(26)14-9(2)31-17-15(14)16(20)22-13(23-17)8-30-18(25)10-5-6-11(21-3)12(7-10)24(27)28/h5-7,21H,4,8H2,1-3H3,(H2,20,22,23). The molecule has 0 saturated carbocycles. The lowest BCUT2D eigenvalue weighted by atomic mass is 10.1. The van der Waals surface area contributed by atoms with Crippen LogP contribution in [-0.4, -0.2) is 40.5 Å². The summed E-state index contributed by atoms with van der Waals surface area (Å²) >= 11 is 0. The quantitative estimate of drug-likeness (QED) is 0.321. The van der Waals surface area contributed by atoms with Crippen LogP contribution in [0.3, 0.4) is 0 Å². The Kier molecular flexibility index (Phi) is 6.00. The highest BCUT2D eigenvalue weighted by molar-refractivity contribution is 6.07. The lowest BCUT2D eigenvalue weighted by molar-refractivity contribution is -0.384. The monoisotopic (exact) mass is 429 g/mol. The summed E-state index contributed by atoms with van der Waals surface area (Å²) in [5.74, 6) is -1.16. The number of aryl methyl sites for hydroxylation is 1. The smallest absolute Gasteiger partial charge is 0.342 e. The van der Waals surface area contributed by atoms with Gasteiger partial charge >= 0.3 is 11.9 Å². The fourth-order valence-corrected chi connectivity index (χ4v) is 2.93. The number of rotatable bonds is 7. The fourth-order valence-electron chi connectivity index (χ4n) is 2.93. The number of aromatic nitrogens is 2. The predicted molar refractivity (Wildman–Crippen MR) is 109 cm³/mol. The van der Waals surface area contributed by atoms with Gasteiger partial charge in [-0.05, 0) is 26.0 Å². The zero-order valence-electron chi connectivity index (χ0n) is 16.9. The zero-order chi connectivity index (χ0) is 22.7. The highest BCUT2D eigenvalue weighted by Crippen LogP contribution is 2.29. The summed E-state index contributed by atoms with van der Waals surface area (Å²) in [5, 5.41) is 14.0. The number of nitro groups is 1. The molecule has 31 heavy (non-hydrogen) atoms. The molecular weight excluding hydrogens is 410 g/mol. The second-order valence-corrected chi connectivity index (χ2v) is 6.27. The maximum Gasteiger partial charge on any atom is 0.342 e. The van der Waals surface area contributed by atoms with E-state index >= 15 is 0 Å². The molecule has 3 aromatic rings. The van der Waals surface area contributed by atoms with E-state index in [1.54, 1.807) is 13.8 Å². The molecule has 0 amide bonds. The van der Waals surface area contributed by atoms with Crippen LogP contribution in [0.4, 0.5) is 17.2 Å². The van der Waals surface area contributed by atoms with Crippen molar-refractivity contribution in [2.45, 2.75) is 20.5 Å². The van der Waals surface area contributed by atoms with Gasteiger partial charge in [0.1, 0.15) is 22.8 Å². The predicted octanol–water partition coefficient (Wildman–Crippen LogP) is 2.60. The van der Waals surface area contributed by atoms with Crippen LogP contribution in [-0.2, 0) is 16.1 Å². The van der Waals surface area contributed by atoms with Gasteiger partial charge in [0.05, 0.1) is 22.5 Å². The van der Waals surface area contributed by atoms with Crippen molar-refractivity contribution in [2.75, 3.05) is 24.7 Å². The molecule has 0 spiro atoms. The lowest BCUT2D eigenvalue weighted by Crippen LogP contribution is -2.10. The number of furan rings is 1. The summed E-state index contributed by atoms with van der Waals surface area (Å²) in [4.78, 5) is 43.2. The minimum atomic E-state index is -0.809. The highest BCUT2D eigenvalue weighted by Gasteiger charge is 2.24. The average molecular weight is 429 g/mol. The minimum absolute atomic E-state index is 0.0156. The summed E-state index contributed by atoms with van der Waals surface area (Å²) in [6.45, 7) is 3.04. The maximum absolute atomic E-state index is 12.3. The van der Waals surface area contributed by atoms with Crippen molar-refractivity contribution in [1.29, 1.82) is 0 Å². The van der Waals surface area contributed by atoms with Crippen molar-refractivity contribution >= 4 is 40.2 Å². The maximum atomic E-state index is 12.3. The number of fused-ring (bicyclic) bond motifs is 1. The second-order valence-electron chi connectivity index (χ2n) is 6.27. The van der Waals surface area contributed by atoms with E-state index in [2.05, 4.69) is 15.3 Å². The third kappa shape index (κ3) is 4.22. The Morgan fingerprint density at radius 1 is 1.26 bits per heavy atom. The number of benzene rings is 1. The molecule has 0 saturated heterocycles. The molecule has 0 bridgehead atoms. The van der Waals surface area contributed by atoms with E-state index < -0.39 is 16.9 Å². The molecule has 0 aliphatic heterocycles. The largest absolute Gasteiger partial charge is 0.462 e. The molecule has 0 radical (unpaired) electrons. The molecule has 3 N–H and O–H groups in total. The molecule has 0 aliphatic rings. The van der Waals surface area contributed by atoms with Crippen LogP contribution in [0.5, 0.6) is 0 Å². The van der Waals surface area contributed by atoms with E-state index in [0.29, 0.717) is 0 Å².